The summed E-state index contributed by atoms with van der Waals surface area (Å²) in [5.41, 5.74) is 9.43. The van der Waals surface area contributed by atoms with Crippen molar-refractivity contribution >= 4 is 17.6 Å². The van der Waals surface area contributed by atoms with Gasteiger partial charge in [-0.05, 0) is 47.5 Å². The van der Waals surface area contributed by atoms with E-state index in [1.165, 1.54) is 12.1 Å². The molecule has 2 aliphatic heterocycles. The van der Waals surface area contributed by atoms with Crippen molar-refractivity contribution in [3.05, 3.63) is 95.6 Å². The third-order valence-electron chi connectivity index (χ3n) is 6.30. The number of ether oxygens (including phenoxy) is 1. The lowest BCUT2D eigenvalue weighted by molar-refractivity contribution is -0.119. The molecule has 4 unspecified atom stereocenters. The van der Waals surface area contributed by atoms with Crippen LogP contribution < -0.4 is 20.5 Å². The number of aromatic carboxylic acids is 1. The van der Waals surface area contributed by atoms with Crippen molar-refractivity contribution in [2.45, 2.75) is 18.1 Å². The summed E-state index contributed by atoms with van der Waals surface area (Å²) in [4.78, 5) is 26.7. The van der Waals surface area contributed by atoms with Gasteiger partial charge in [0.15, 0.2) is 0 Å². The fourth-order valence-corrected chi connectivity index (χ4v) is 4.83. The van der Waals surface area contributed by atoms with Gasteiger partial charge >= 0.3 is 5.97 Å². The zero-order chi connectivity index (χ0) is 22.2. The molecule has 162 valence electrons. The zero-order valence-electron chi connectivity index (χ0n) is 17.4. The summed E-state index contributed by atoms with van der Waals surface area (Å²) in [6.45, 7) is 0. The summed E-state index contributed by atoms with van der Waals surface area (Å²) in [6, 6.07) is 23.5. The standard InChI is InChI=1S/C25H23N3O4/c1-32-19-9-5-8-17(14-19)23-20-21(15-6-3-2-4-7-15)26-27-22(20)24(29)28(23)18-12-10-16(11-13-18)25(30)31/h2-14,20-23,26-27H,1H3,(H,30,31). The third kappa shape index (κ3) is 3.32. The number of hydrazine groups is 1. The van der Waals surface area contributed by atoms with Gasteiger partial charge in [0.1, 0.15) is 11.8 Å². The third-order valence-corrected chi connectivity index (χ3v) is 6.30. The minimum absolute atomic E-state index is 0.0585. The summed E-state index contributed by atoms with van der Waals surface area (Å²) in [6.07, 6.45) is 0. The molecule has 2 saturated heterocycles. The number of rotatable bonds is 5. The van der Waals surface area contributed by atoms with Gasteiger partial charge in [0.05, 0.1) is 24.8 Å². The number of carboxylic acids is 1. The number of nitrogens with one attached hydrogen (secondary N) is 2. The molecule has 0 bridgehead atoms. The minimum atomic E-state index is -1.000. The number of nitrogens with zero attached hydrogens (tertiary/aromatic N) is 1. The second kappa shape index (κ2) is 8.11. The van der Waals surface area contributed by atoms with Crippen molar-refractivity contribution in [1.82, 2.24) is 10.9 Å². The van der Waals surface area contributed by atoms with E-state index >= 15 is 0 Å². The van der Waals surface area contributed by atoms with Crippen LogP contribution >= 0.6 is 0 Å². The van der Waals surface area contributed by atoms with Crippen molar-refractivity contribution in [2.24, 2.45) is 5.92 Å². The number of benzene rings is 3. The molecule has 0 aliphatic carbocycles. The van der Waals surface area contributed by atoms with Crippen molar-refractivity contribution in [1.29, 1.82) is 0 Å². The van der Waals surface area contributed by atoms with E-state index in [4.69, 9.17) is 4.74 Å². The monoisotopic (exact) mass is 429 g/mol. The van der Waals surface area contributed by atoms with Crippen LogP contribution in [0, 0.1) is 5.92 Å². The van der Waals surface area contributed by atoms with Crippen molar-refractivity contribution in [3.8, 4) is 5.75 Å². The van der Waals surface area contributed by atoms with Crippen molar-refractivity contribution < 1.29 is 19.4 Å². The molecule has 0 radical (unpaired) electrons. The predicted octanol–water partition coefficient (Wildman–Crippen LogP) is 3.32. The van der Waals surface area contributed by atoms with Crippen molar-refractivity contribution in [3.63, 3.8) is 0 Å². The lowest BCUT2D eigenvalue weighted by Crippen LogP contribution is -2.41. The van der Waals surface area contributed by atoms with E-state index in [1.807, 2.05) is 42.5 Å². The van der Waals surface area contributed by atoms with E-state index < -0.39 is 12.0 Å². The zero-order valence-corrected chi connectivity index (χ0v) is 17.4. The molecule has 2 fully saturated rings. The summed E-state index contributed by atoms with van der Waals surface area (Å²) in [7, 11) is 1.62. The smallest absolute Gasteiger partial charge is 0.335 e. The number of hydrogen-bond acceptors (Lipinski definition) is 5. The summed E-state index contributed by atoms with van der Waals surface area (Å²) >= 11 is 0. The number of carboxylic acid groups (broad SMARTS) is 1. The average molecular weight is 429 g/mol. The fourth-order valence-electron chi connectivity index (χ4n) is 4.83. The van der Waals surface area contributed by atoms with Crippen LogP contribution in [0.25, 0.3) is 0 Å². The van der Waals surface area contributed by atoms with Crippen molar-refractivity contribution in [2.75, 3.05) is 12.0 Å². The number of fused-ring (bicyclic) bond motifs is 1. The lowest BCUT2D eigenvalue weighted by Gasteiger charge is -2.31. The van der Waals surface area contributed by atoms with Crippen LogP contribution in [0.4, 0.5) is 5.69 Å². The van der Waals surface area contributed by atoms with E-state index in [9.17, 15) is 14.7 Å². The summed E-state index contributed by atoms with van der Waals surface area (Å²) in [5, 5.41) is 9.26. The summed E-state index contributed by atoms with van der Waals surface area (Å²) < 4.78 is 5.45. The molecule has 5 rings (SSSR count). The van der Waals surface area contributed by atoms with Gasteiger partial charge in [-0.15, -0.1) is 0 Å². The molecular weight excluding hydrogens is 406 g/mol. The molecule has 0 aromatic heterocycles. The molecule has 7 nitrogen and oxygen atoms in total. The Morgan fingerprint density at radius 1 is 0.906 bits per heavy atom. The normalized spacial score (nSPS) is 24.4. The largest absolute Gasteiger partial charge is 0.497 e. The molecule has 1 amide bonds. The first-order valence-corrected chi connectivity index (χ1v) is 10.4. The Morgan fingerprint density at radius 3 is 2.28 bits per heavy atom. The van der Waals surface area contributed by atoms with Gasteiger partial charge in [0.2, 0.25) is 5.91 Å². The molecule has 3 aromatic rings. The quantitative estimate of drug-likeness (QED) is 0.577. The first-order chi connectivity index (χ1) is 15.6. The Balaban J connectivity index is 1.62. The fraction of sp³-hybridized carbons (Fsp3) is 0.200. The molecule has 4 atom stereocenters. The Kier molecular flexibility index (Phi) is 5.13. The number of anilines is 1. The Morgan fingerprint density at radius 2 is 1.59 bits per heavy atom. The minimum Gasteiger partial charge on any atom is -0.497 e. The Labute approximate surface area is 185 Å². The highest BCUT2D eigenvalue weighted by Gasteiger charge is 2.56. The van der Waals surface area contributed by atoms with Gasteiger partial charge in [0.25, 0.3) is 0 Å². The SMILES string of the molecule is COc1cccc(C2C3C(NNC3c3ccccc3)C(=O)N2c2ccc(C(=O)O)cc2)c1. The van der Waals surface area contributed by atoms with Crippen LogP contribution in [-0.2, 0) is 4.79 Å². The number of hydrogen-bond donors (Lipinski definition) is 3. The van der Waals surface area contributed by atoms with Gasteiger partial charge < -0.3 is 14.7 Å². The van der Waals surface area contributed by atoms with Crippen LogP contribution in [0.3, 0.4) is 0 Å². The van der Waals surface area contributed by atoms with E-state index in [0.29, 0.717) is 5.69 Å². The number of amides is 1. The van der Waals surface area contributed by atoms with Gasteiger partial charge in [-0.2, -0.15) is 0 Å². The molecular formula is C25H23N3O4. The maximum Gasteiger partial charge on any atom is 0.335 e. The predicted molar refractivity (Wildman–Crippen MR) is 119 cm³/mol. The first kappa shape index (κ1) is 20.2. The first-order valence-electron chi connectivity index (χ1n) is 10.4. The highest BCUT2D eigenvalue weighted by Crippen LogP contribution is 2.49. The van der Waals surface area contributed by atoms with Gasteiger partial charge in [0, 0.05) is 11.6 Å². The van der Waals surface area contributed by atoms with E-state index in [-0.39, 0.29) is 29.5 Å². The van der Waals surface area contributed by atoms with Gasteiger partial charge in [-0.1, -0.05) is 42.5 Å². The molecule has 0 saturated carbocycles. The molecule has 7 heteroatoms. The van der Waals surface area contributed by atoms with Gasteiger partial charge in [-0.3, -0.25) is 4.79 Å². The van der Waals surface area contributed by atoms with Crippen LogP contribution in [0.5, 0.6) is 5.75 Å². The average Bonchev–Trinajstić information content (AvgIpc) is 3.38. The van der Waals surface area contributed by atoms with Gasteiger partial charge in [-0.25, -0.2) is 15.6 Å². The highest BCUT2D eigenvalue weighted by atomic mass is 16.5. The molecule has 2 heterocycles. The molecule has 2 aliphatic rings. The molecule has 32 heavy (non-hydrogen) atoms. The van der Waals surface area contributed by atoms with Crippen LogP contribution in [0.1, 0.15) is 33.6 Å². The maximum absolute atomic E-state index is 13.6. The molecule has 3 aromatic carbocycles. The number of carbonyl (C=O) groups is 2. The van der Waals surface area contributed by atoms with Crippen LogP contribution in [0.15, 0.2) is 78.9 Å². The lowest BCUT2D eigenvalue weighted by atomic mass is 9.83. The van der Waals surface area contributed by atoms with E-state index in [0.717, 1.165) is 16.9 Å². The van der Waals surface area contributed by atoms with E-state index in [1.54, 1.807) is 24.1 Å². The van der Waals surface area contributed by atoms with E-state index in [2.05, 4.69) is 23.0 Å². The van der Waals surface area contributed by atoms with Crippen LogP contribution in [-0.4, -0.2) is 30.1 Å². The maximum atomic E-state index is 13.6. The van der Waals surface area contributed by atoms with Crippen LogP contribution in [0.2, 0.25) is 0 Å². The second-order valence-corrected chi connectivity index (χ2v) is 8.01. The second-order valence-electron chi connectivity index (χ2n) is 8.01. The molecule has 0 spiro atoms. The topological polar surface area (TPSA) is 90.9 Å². The molecule has 3 N–H and O–H groups in total. The Bertz CT molecular complexity index is 1150. The number of carbonyl (C=O) groups excluding carboxylic acids is 1. The highest BCUT2D eigenvalue weighted by molar-refractivity contribution is 6.01. The summed E-state index contributed by atoms with van der Waals surface area (Å²) in [5.74, 6) is -0.428. The number of methoxy groups -OCH3 is 1. The Hall–Kier alpha value is -3.68.